The Morgan fingerprint density at radius 3 is 2.67 bits per heavy atom. The van der Waals surface area contributed by atoms with Crippen LogP contribution in [0.3, 0.4) is 0 Å². The number of hydrogen-bond acceptors (Lipinski definition) is 4. The lowest BCUT2D eigenvalue weighted by molar-refractivity contribution is -0.0914. The summed E-state index contributed by atoms with van der Waals surface area (Å²) in [6, 6.07) is 2.00. The molecular formula is C10H15BrN2O2. The molecule has 0 atom stereocenters. The minimum absolute atomic E-state index is 0.264. The standard InChI is InChI=1S/C10H15BrN2O2/c1-7-4-8(11)10(12-5-7)13-6-9(14-2)15-3/h4-5,9H,6H2,1-3H3,(H,12,13). The minimum atomic E-state index is -0.264. The van der Waals surface area contributed by atoms with Crippen LogP contribution >= 0.6 is 15.9 Å². The topological polar surface area (TPSA) is 43.4 Å². The normalized spacial score (nSPS) is 10.7. The van der Waals surface area contributed by atoms with E-state index in [9.17, 15) is 0 Å². The maximum atomic E-state index is 5.06. The average molecular weight is 275 g/mol. The Morgan fingerprint density at radius 2 is 2.13 bits per heavy atom. The van der Waals surface area contributed by atoms with Gasteiger partial charge in [-0.2, -0.15) is 0 Å². The molecule has 0 aliphatic rings. The summed E-state index contributed by atoms with van der Waals surface area (Å²) >= 11 is 3.43. The van der Waals surface area contributed by atoms with Gasteiger partial charge in [-0.05, 0) is 34.5 Å². The Kier molecular flexibility index (Phi) is 5.01. The van der Waals surface area contributed by atoms with Crippen LogP contribution in [0.25, 0.3) is 0 Å². The molecule has 0 amide bonds. The molecule has 15 heavy (non-hydrogen) atoms. The largest absolute Gasteiger partial charge is 0.364 e. The number of anilines is 1. The lowest BCUT2D eigenvalue weighted by atomic mass is 10.3. The second kappa shape index (κ2) is 6.05. The Balaban J connectivity index is 2.57. The zero-order valence-corrected chi connectivity index (χ0v) is 10.7. The lowest BCUT2D eigenvalue weighted by Gasteiger charge is -2.15. The monoisotopic (exact) mass is 274 g/mol. The van der Waals surface area contributed by atoms with Crippen molar-refractivity contribution in [2.24, 2.45) is 0 Å². The first-order chi connectivity index (χ1) is 7.17. The predicted octanol–water partition coefficient (Wildman–Crippen LogP) is 2.18. The van der Waals surface area contributed by atoms with E-state index in [1.165, 1.54) is 0 Å². The van der Waals surface area contributed by atoms with Crippen molar-refractivity contribution in [2.75, 3.05) is 26.1 Å². The van der Waals surface area contributed by atoms with Crippen molar-refractivity contribution in [3.8, 4) is 0 Å². The maximum absolute atomic E-state index is 5.06. The molecule has 0 fully saturated rings. The third-order valence-corrected chi connectivity index (χ3v) is 2.54. The molecule has 0 aromatic carbocycles. The molecule has 0 unspecified atom stereocenters. The van der Waals surface area contributed by atoms with Crippen LogP contribution in [0.2, 0.25) is 0 Å². The van der Waals surface area contributed by atoms with Gasteiger partial charge in [-0.25, -0.2) is 4.98 Å². The van der Waals surface area contributed by atoms with Crippen molar-refractivity contribution < 1.29 is 9.47 Å². The first-order valence-electron chi connectivity index (χ1n) is 4.59. The fraction of sp³-hybridized carbons (Fsp3) is 0.500. The van der Waals surface area contributed by atoms with Crippen molar-refractivity contribution in [3.05, 3.63) is 22.3 Å². The zero-order valence-electron chi connectivity index (χ0n) is 9.08. The predicted molar refractivity (Wildman–Crippen MR) is 63.0 cm³/mol. The summed E-state index contributed by atoms with van der Waals surface area (Å²) in [5.74, 6) is 0.791. The van der Waals surface area contributed by atoms with E-state index in [1.807, 2.05) is 19.2 Å². The van der Waals surface area contributed by atoms with Crippen molar-refractivity contribution in [2.45, 2.75) is 13.2 Å². The molecule has 1 rings (SSSR count). The lowest BCUT2D eigenvalue weighted by Crippen LogP contribution is -2.24. The number of halogens is 1. The highest BCUT2D eigenvalue weighted by Gasteiger charge is 2.06. The SMILES string of the molecule is COC(CNc1ncc(C)cc1Br)OC. The maximum Gasteiger partial charge on any atom is 0.173 e. The number of methoxy groups -OCH3 is 2. The summed E-state index contributed by atoms with van der Waals surface area (Å²) in [6.07, 6.45) is 1.54. The van der Waals surface area contributed by atoms with Crippen molar-refractivity contribution in [1.29, 1.82) is 0 Å². The third kappa shape index (κ3) is 3.77. The fourth-order valence-electron chi connectivity index (χ4n) is 1.11. The van der Waals surface area contributed by atoms with Crippen LogP contribution in [-0.2, 0) is 9.47 Å². The molecule has 0 radical (unpaired) electrons. The number of hydrogen-bond donors (Lipinski definition) is 1. The number of nitrogens with zero attached hydrogens (tertiary/aromatic N) is 1. The van der Waals surface area contributed by atoms with Gasteiger partial charge in [0.1, 0.15) is 5.82 Å². The molecule has 1 aromatic heterocycles. The minimum Gasteiger partial charge on any atom is -0.364 e. The molecule has 0 bridgehead atoms. The molecule has 5 heteroatoms. The highest BCUT2D eigenvalue weighted by molar-refractivity contribution is 9.10. The molecule has 84 valence electrons. The van der Waals surface area contributed by atoms with Gasteiger partial charge >= 0.3 is 0 Å². The van der Waals surface area contributed by atoms with Gasteiger partial charge in [-0.15, -0.1) is 0 Å². The van der Waals surface area contributed by atoms with Crippen LogP contribution in [-0.4, -0.2) is 32.0 Å². The number of nitrogens with one attached hydrogen (secondary N) is 1. The van der Waals surface area contributed by atoms with Crippen molar-refractivity contribution in [1.82, 2.24) is 4.98 Å². The van der Waals surface area contributed by atoms with E-state index < -0.39 is 0 Å². The quantitative estimate of drug-likeness (QED) is 0.836. The van der Waals surface area contributed by atoms with Crippen LogP contribution in [0.15, 0.2) is 16.7 Å². The first-order valence-corrected chi connectivity index (χ1v) is 5.38. The average Bonchev–Trinajstić information content (AvgIpc) is 2.22. The Hall–Kier alpha value is -0.650. The second-order valence-corrected chi connectivity index (χ2v) is 3.98. The van der Waals surface area contributed by atoms with Crippen molar-refractivity contribution in [3.63, 3.8) is 0 Å². The van der Waals surface area contributed by atoms with E-state index >= 15 is 0 Å². The van der Waals surface area contributed by atoms with E-state index in [2.05, 4.69) is 26.2 Å². The summed E-state index contributed by atoms with van der Waals surface area (Å²) < 4.78 is 11.1. The van der Waals surface area contributed by atoms with Crippen LogP contribution in [0.1, 0.15) is 5.56 Å². The van der Waals surface area contributed by atoms with Gasteiger partial charge in [-0.3, -0.25) is 0 Å². The van der Waals surface area contributed by atoms with Crippen molar-refractivity contribution >= 4 is 21.7 Å². The number of ether oxygens (including phenoxy) is 2. The smallest absolute Gasteiger partial charge is 0.173 e. The Labute approximate surface area is 98.1 Å². The summed E-state index contributed by atoms with van der Waals surface area (Å²) in [5, 5.41) is 3.13. The van der Waals surface area contributed by atoms with E-state index in [0.29, 0.717) is 6.54 Å². The van der Waals surface area contributed by atoms with Crippen LogP contribution in [0.5, 0.6) is 0 Å². The molecule has 4 nitrogen and oxygen atoms in total. The van der Waals surface area contributed by atoms with E-state index in [0.717, 1.165) is 15.9 Å². The summed E-state index contributed by atoms with van der Waals surface area (Å²) in [7, 11) is 3.21. The zero-order chi connectivity index (χ0) is 11.3. The highest BCUT2D eigenvalue weighted by Crippen LogP contribution is 2.20. The van der Waals surface area contributed by atoms with Gasteiger partial charge in [0.25, 0.3) is 0 Å². The number of aromatic nitrogens is 1. The molecular weight excluding hydrogens is 260 g/mol. The molecule has 1 heterocycles. The highest BCUT2D eigenvalue weighted by atomic mass is 79.9. The summed E-state index contributed by atoms with van der Waals surface area (Å²) in [4.78, 5) is 4.25. The number of aryl methyl sites for hydroxylation is 1. The van der Waals surface area contributed by atoms with Crippen LogP contribution in [0, 0.1) is 6.92 Å². The molecule has 1 aromatic rings. The van der Waals surface area contributed by atoms with Gasteiger partial charge < -0.3 is 14.8 Å². The third-order valence-electron chi connectivity index (χ3n) is 1.94. The Morgan fingerprint density at radius 1 is 1.47 bits per heavy atom. The first kappa shape index (κ1) is 12.4. The van der Waals surface area contributed by atoms with Gasteiger partial charge in [0, 0.05) is 20.4 Å². The summed E-state index contributed by atoms with van der Waals surface area (Å²) in [6.45, 7) is 2.55. The van der Waals surface area contributed by atoms with Crippen LogP contribution in [0.4, 0.5) is 5.82 Å². The number of rotatable bonds is 5. The molecule has 0 aliphatic carbocycles. The van der Waals surface area contributed by atoms with Gasteiger partial charge in [0.15, 0.2) is 6.29 Å². The van der Waals surface area contributed by atoms with Gasteiger partial charge in [0.2, 0.25) is 0 Å². The number of pyridine rings is 1. The molecule has 0 saturated heterocycles. The second-order valence-electron chi connectivity index (χ2n) is 3.12. The summed E-state index contributed by atoms with van der Waals surface area (Å²) in [5.41, 5.74) is 1.11. The molecule has 0 aliphatic heterocycles. The van der Waals surface area contributed by atoms with Gasteiger partial charge in [0.05, 0.1) is 11.0 Å². The Bertz CT molecular complexity index is 316. The van der Waals surface area contributed by atoms with E-state index in [4.69, 9.17) is 9.47 Å². The van der Waals surface area contributed by atoms with Crippen LogP contribution < -0.4 is 5.32 Å². The fourth-order valence-corrected chi connectivity index (χ4v) is 1.71. The molecule has 0 saturated carbocycles. The molecule has 1 N–H and O–H groups in total. The van der Waals surface area contributed by atoms with E-state index in [1.54, 1.807) is 14.2 Å². The van der Waals surface area contributed by atoms with Gasteiger partial charge in [-0.1, -0.05) is 0 Å². The molecule has 0 spiro atoms. The van der Waals surface area contributed by atoms with E-state index in [-0.39, 0.29) is 6.29 Å².